The van der Waals surface area contributed by atoms with Crippen molar-refractivity contribution in [3.8, 4) is 0 Å². The molecule has 0 spiro atoms. The van der Waals surface area contributed by atoms with Crippen molar-refractivity contribution in [3.05, 3.63) is 39.2 Å². The molecule has 1 saturated heterocycles. The van der Waals surface area contributed by atoms with E-state index in [1.165, 1.54) is 0 Å². The predicted octanol–water partition coefficient (Wildman–Crippen LogP) is 2.73. The molecule has 0 bridgehead atoms. The van der Waals surface area contributed by atoms with E-state index in [0.717, 1.165) is 26.7 Å². The fraction of sp³-hybridized carbons (Fsp3) is 0.0833. The van der Waals surface area contributed by atoms with Gasteiger partial charge < -0.3 is 5.11 Å². The normalized spacial score (nSPS) is 17.3. The van der Waals surface area contributed by atoms with Crippen LogP contribution in [-0.2, 0) is 9.59 Å². The molecule has 2 rings (SSSR count). The van der Waals surface area contributed by atoms with Crippen LogP contribution in [0.5, 0.6) is 0 Å². The lowest BCUT2D eigenvalue weighted by atomic mass is 10.2. The molecule has 1 aliphatic heterocycles. The van der Waals surface area contributed by atoms with Gasteiger partial charge in [0.2, 0.25) is 0 Å². The number of thioether (sulfide) groups is 1. The van der Waals surface area contributed by atoms with E-state index in [0.29, 0.717) is 4.91 Å². The lowest BCUT2D eigenvalue weighted by Gasteiger charge is -2.10. The Bertz CT molecular complexity index is 600. The quantitative estimate of drug-likeness (QED) is 0.665. The van der Waals surface area contributed by atoms with Gasteiger partial charge in [0.15, 0.2) is 0 Å². The Morgan fingerprint density at radius 3 is 2.89 bits per heavy atom. The summed E-state index contributed by atoms with van der Waals surface area (Å²) >= 11 is 9.47. The van der Waals surface area contributed by atoms with Crippen molar-refractivity contribution in [2.75, 3.05) is 6.54 Å². The van der Waals surface area contributed by atoms with Crippen molar-refractivity contribution in [3.63, 3.8) is 0 Å². The Kier molecular flexibility index (Phi) is 4.38. The first-order chi connectivity index (χ1) is 8.97. The summed E-state index contributed by atoms with van der Waals surface area (Å²) in [7, 11) is 0. The molecule has 0 aromatic heterocycles. The Labute approximate surface area is 127 Å². The van der Waals surface area contributed by atoms with Crippen molar-refractivity contribution < 1.29 is 14.7 Å². The number of hydrogen-bond donors (Lipinski definition) is 1. The second-order valence-electron chi connectivity index (χ2n) is 3.72. The van der Waals surface area contributed by atoms with Gasteiger partial charge in [-0.2, -0.15) is 0 Å². The number of amides is 1. The molecular weight excluding hydrogens is 350 g/mol. The van der Waals surface area contributed by atoms with E-state index in [1.807, 2.05) is 24.3 Å². The molecule has 19 heavy (non-hydrogen) atoms. The lowest BCUT2D eigenvalue weighted by molar-refractivity contribution is -0.140. The van der Waals surface area contributed by atoms with Crippen molar-refractivity contribution in [2.45, 2.75) is 0 Å². The maximum absolute atomic E-state index is 12.0. The highest BCUT2D eigenvalue weighted by Gasteiger charge is 2.33. The van der Waals surface area contributed by atoms with Crippen molar-refractivity contribution >= 4 is 62.2 Å². The molecule has 1 fully saturated rings. The van der Waals surface area contributed by atoms with Gasteiger partial charge in [-0.15, -0.1) is 0 Å². The van der Waals surface area contributed by atoms with Gasteiger partial charge in [-0.1, -0.05) is 52.0 Å². The van der Waals surface area contributed by atoms with Crippen LogP contribution < -0.4 is 0 Å². The highest BCUT2D eigenvalue weighted by molar-refractivity contribution is 9.10. The molecule has 4 nitrogen and oxygen atoms in total. The van der Waals surface area contributed by atoms with Crippen LogP contribution in [0, 0.1) is 0 Å². The van der Waals surface area contributed by atoms with Crippen LogP contribution in [0.4, 0.5) is 0 Å². The number of carbonyl (C=O) groups excluding carboxylic acids is 1. The third-order valence-corrected chi connectivity index (χ3v) is 4.18. The SMILES string of the molecule is O=C(O)CN1C(=O)/C(=C\c2cccc(Br)c2)SC1=S. The summed E-state index contributed by atoms with van der Waals surface area (Å²) in [6.45, 7) is -0.402. The molecule has 0 radical (unpaired) electrons. The minimum Gasteiger partial charge on any atom is -0.480 e. The Hall–Kier alpha value is -1.18. The number of carbonyl (C=O) groups is 2. The first-order valence-corrected chi connectivity index (χ1v) is 7.22. The minimum absolute atomic E-state index is 0.272. The molecule has 0 aliphatic carbocycles. The molecule has 0 atom stereocenters. The molecule has 0 saturated carbocycles. The average Bonchev–Trinajstić information content (AvgIpc) is 2.57. The molecule has 1 aliphatic rings. The van der Waals surface area contributed by atoms with Gasteiger partial charge in [0.05, 0.1) is 4.91 Å². The van der Waals surface area contributed by atoms with Crippen LogP contribution >= 0.6 is 39.9 Å². The number of nitrogens with zero attached hydrogens (tertiary/aromatic N) is 1. The third kappa shape index (κ3) is 3.43. The number of carboxylic acid groups (broad SMARTS) is 1. The molecule has 1 amide bonds. The Morgan fingerprint density at radius 2 is 2.26 bits per heavy atom. The lowest BCUT2D eigenvalue weighted by Crippen LogP contribution is -2.33. The van der Waals surface area contributed by atoms with Gasteiger partial charge >= 0.3 is 5.97 Å². The molecule has 1 heterocycles. The van der Waals surface area contributed by atoms with Crippen LogP contribution in [0.1, 0.15) is 5.56 Å². The average molecular weight is 358 g/mol. The largest absolute Gasteiger partial charge is 0.480 e. The van der Waals surface area contributed by atoms with Crippen LogP contribution in [0.2, 0.25) is 0 Å². The highest BCUT2D eigenvalue weighted by Crippen LogP contribution is 2.32. The maximum Gasteiger partial charge on any atom is 0.323 e. The molecule has 1 aromatic carbocycles. The number of halogens is 1. The number of carboxylic acids is 1. The fourth-order valence-corrected chi connectivity index (χ4v) is 3.19. The Morgan fingerprint density at radius 1 is 1.53 bits per heavy atom. The molecule has 1 N–H and O–H groups in total. The number of benzene rings is 1. The number of thiocarbonyl (C=S) groups is 1. The van der Waals surface area contributed by atoms with Crippen LogP contribution in [0.25, 0.3) is 6.08 Å². The van der Waals surface area contributed by atoms with Gasteiger partial charge in [0.1, 0.15) is 10.9 Å². The number of hydrogen-bond acceptors (Lipinski definition) is 4. The van der Waals surface area contributed by atoms with Gasteiger partial charge in [-0.05, 0) is 23.8 Å². The smallest absolute Gasteiger partial charge is 0.323 e. The zero-order chi connectivity index (χ0) is 14.0. The van der Waals surface area contributed by atoms with Crippen LogP contribution in [-0.4, -0.2) is 32.7 Å². The van der Waals surface area contributed by atoms with E-state index in [4.69, 9.17) is 17.3 Å². The standard InChI is InChI=1S/C12H8BrNO3S2/c13-8-3-1-2-7(4-8)5-9-11(17)14(6-10(15)16)12(18)19-9/h1-5H,6H2,(H,15,16)/b9-5+. The summed E-state index contributed by atoms with van der Waals surface area (Å²) in [6, 6.07) is 7.46. The molecule has 1 aromatic rings. The van der Waals surface area contributed by atoms with Gasteiger partial charge in [0.25, 0.3) is 5.91 Å². The summed E-state index contributed by atoms with van der Waals surface area (Å²) in [5.74, 6) is -1.45. The van der Waals surface area contributed by atoms with E-state index in [2.05, 4.69) is 15.9 Å². The van der Waals surface area contributed by atoms with E-state index in [1.54, 1.807) is 6.08 Å². The van der Waals surface area contributed by atoms with Gasteiger partial charge in [-0.3, -0.25) is 14.5 Å². The van der Waals surface area contributed by atoms with Gasteiger partial charge in [-0.25, -0.2) is 0 Å². The zero-order valence-corrected chi connectivity index (χ0v) is 12.7. The summed E-state index contributed by atoms with van der Waals surface area (Å²) in [5.41, 5.74) is 0.852. The van der Waals surface area contributed by atoms with Crippen LogP contribution in [0.3, 0.4) is 0 Å². The highest BCUT2D eigenvalue weighted by atomic mass is 79.9. The fourth-order valence-electron chi connectivity index (χ4n) is 1.52. The first kappa shape index (κ1) is 14.2. The van der Waals surface area contributed by atoms with Crippen molar-refractivity contribution in [2.24, 2.45) is 0 Å². The van der Waals surface area contributed by atoms with Crippen molar-refractivity contribution in [1.29, 1.82) is 0 Å². The molecular formula is C12H8BrNO3S2. The summed E-state index contributed by atoms with van der Waals surface area (Å²) in [5, 5.41) is 8.73. The summed E-state index contributed by atoms with van der Waals surface area (Å²) < 4.78 is 1.18. The topological polar surface area (TPSA) is 57.6 Å². The zero-order valence-electron chi connectivity index (χ0n) is 9.50. The van der Waals surface area contributed by atoms with E-state index < -0.39 is 12.5 Å². The van der Waals surface area contributed by atoms with Crippen molar-refractivity contribution in [1.82, 2.24) is 4.90 Å². The van der Waals surface area contributed by atoms with Crippen LogP contribution in [0.15, 0.2) is 33.6 Å². The number of rotatable bonds is 3. The Balaban J connectivity index is 2.25. The van der Waals surface area contributed by atoms with E-state index in [-0.39, 0.29) is 10.2 Å². The predicted molar refractivity (Wildman–Crippen MR) is 81.7 cm³/mol. The minimum atomic E-state index is -1.08. The monoisotopic (exact) mass is 357 g/mol. The maximum atomic E-state index is 12.0. The third-order valence-electron chi connectivity index (χ3n) is 2.31. The molecule has 0 unspecified atom stereocenters. The van der Waals surface area contributed by atoms with E-state index >= 15 is 0 Å². The van der Waals surface area contributed by atoms with Gasteiger partial charge in [0, 0.05) is 4.47 Å². The summed E-state index contributed by atoms with van der Waals surface area (Å²) in [4.78, 5) is 24.2. The van der Waals surface area contributed by atoms with E-state index in [9.17, 15) is 9.59 Å². The first-order valence-electron chi connectivity index (χ1n) is 5.20. The molecule has 98 valence electrons. The number of aliphatic carboxylic acids is 1. The second kappa shape index (κ2) is 5.85. The molecule has 7 heteroatoms. The second-order valence-corrected chi connectivity index (χ2v) is 6.31. The summed E-state index contributed by atoms with van der Waals surface area (Å²) in [6.07, 6.45) is 1.70.